The van der Waals surface area contributed by atoms with Crippen molar-refractivity contribution in [1.82, 2.24) is 9.80 Å². The molecule has 3 amide bonds. The first-order valence-corrected chi connectivity index (χ1v) is 8.06. The van der Waals surface area contributed by atoms with Gasteiger partial charge in [0.1, 0.15) is 6.54 Å². The van der Waals surface area contributed by atoms with E-state index in [-0.39, 0.29) is 47.9 Å². The van der Waals surface area contributed by atoms with E-state index in [1.165, 1.54) is 4.90 Å². The van der Waals surface area contributed by atoms with Crippen LogP contribution >= 0.6 is 0 Å². The van der Waals surface area contributed by atoms with Crippen molar-refractivity contribution >= 4 is 17.7 Å². The molecule has 5 rings (SSSR count). The van der Waals surface area contributed by atoms with Gasteiger partial charge in [-0.2, -0.15) is 0 Å². The molecule has 0 aromatic rings. The number of ether oxygens (including phenoxy) is 1. The highest BCUT2D eigenvalue weighted by Gasteiger charge is 2.56. The van der Waals surface area contributed by atoms with Crippen molar-refractivity contribution in [3.05, 3.63) is 12.2 Å². The molecule has 22 heavy (non-hydrogen) atoms. The SMILES string of the molecule is O=C(CN1C(=O)[C@@H]2[C@H](C1=O)[C@H]1C=C[C@H]2CC1)N1CCOCC1. The summed E-state index contributed by atoms with van der Waals surface area (Å²) in [5, 5.41) is 0. The zero-order valence-electron chi connectivity index (χ0n) is 12.4. The van der Waals surface area contributed by atoms with E-state index in [0.717, 1.165) is 12.8 Å². The number of hydrogen-bond donors (Lipinski definition) is 0. The number of fused-ring (bicyclic) bond motifs is 1. The summed E-state index contributed by atoms with van der Waals surface area (Å²) in [4.78, 5) is 40.5. The molecule has 0 N–H and O–H groups in total. The molecule has 3 aliphatic carbocycles. The van der Waals surface area contributed by atoms with Crippen molar-refractivity contribution < 1.29 is 19.1 Å². The van der Waals surface area contributed by atoms with Gasteiger partial charge >= 0.3 is 0 Å². The Balaban J connectivity index is 1.50. The monoisotopic (exact) mass is 304 g/mol. The first kappa shape index (κ1) is 13.9. The Labute approximate surface area is 129 Å². The second-order valence-corrected chi connectivity index (χ2v) is 6.60. The summed E-state index contributed by atoms with van der Waals surface area (Å²) in [6, 6.07) is 0. The van der Waals surface area contributed by atoms with Gasteiger partial charge in [0.15, 0.2) is 0 Å². The van der Waals surface area contributed by atoms with Gasteiger partial charge in [0, 0.05) is 13.1 Å². The zero-order chi connectivity index (χ0) is 15.3. The van der Waals surface area contributed by atoms with E-state index in [1.807, 2.05) is 0 Å². The highest BCUT2D eigenvalue weighted by Crippen LogP contribution is 2.49. The normalized spacial score (nSPS) is 36.9. The summed E-state index contributed by atoms with van der Waals surface area (Å²) in [6.07, 6.45) is 6.14. The third kappa shape index (κ3) is 2.00. The van der Waals surface area contributed by atoms with Gasteiger partial charge in [-0.25, -0.2) is 0 Å². The van der Waals surface area contributed by atoms with Crippen LogP contribution in [0.5, 0.6) is 0 Å². The number of imide groups is 1. The van der Waals surface area contributed by atoms with E-state index in [9.17, 15) is 14.4 Å². The fraction of sp³-hybridized carbons (Fsp3) is 0.688. The molecule has 0 aromatic carbocycles. The van der Waals surface area contributed by atoms with Crippen LogP contribution in [0.15, 0.2) is 12.2 Å². The molecule has 5 aliphatic rings. The smallest absolute Gasteiger partial charge is 0.242 e. The molecule has 2 heterocycles. The number of nitrogens with zero attached hydrogens (tertiary/aromatic N) is 2. The van der Waals surface area contributed by atoms with Crippen LogP contribution in [0.3, 0.4) is 0 Å². The number of morpholine rings is 1. The maximum Gasteiger partial charge on any atom is 0.242 e. The first-order valence-electron chi connectivity index (χ1n) is 8.06. The number of carbonyl (C=O) groups is 3. The van der Waals surface area contributed by atoms with E-state index < -0.39 is 0 Å². The Bertz CT molecular complexity index is 520. The van der Waals surface area contributed by atoms with E-state index in [1.54, 1.807) is 4.90 Å². The van der Waals surface area contributed by atoms with Crippen molar-refractivity contribution in [3.63, 3.8) is 0 Å². The number of hydrogen-bond acceptors (Lipinski definition) is 4. The Kier molecular flexibility index (Phi) is 3.29. The standard InChI is InChI=1S/C16H20N2O4/c19-12(17-5-7-22-8-6-17)9-18-15(20)13-10-1-2-11(4-3-10)14(13)16(18)21/h1-2,10-11,13-14H,3-9H2/t10-,11-,13-,14+/m0/s1. The lowest BCUT2D eigenvalue weighted by Crippen LogP contribution is -2.47. The Morgan fingerprint density at radius 1 is 1.05 bits per heavy atom. The van der Waals surface area contributed by atoms with E-state index in [0.29, 0.717) is 26.3 Å². The fourth-order valence-corrected chi connectivity index (χ4v) is 4.34. The molecule has 6 nitrogen and oxygen atoms in total. The van der Waals surface area contributed by atoms with Gasteiger partial charge in [-0.15, -0.1) is 0 Å². The van der Waals surface area contributed by atoms with Gasteiger partial charge < -0.3 is 9.64 Å². The molecule has 2 bridgehead atoms. The van der Waals surface area contributed by atoms with E-state index >= 15 is 0 Å². The van der Waals surface area contributed by atoms with Gasteiger partial charge in [0.25, 0.3) is 0 Å². The van der Waals surface area contributed by atoms with Crippen LogP contribution in [-0.4, -0.2) is 60.4 Å². The maximum absolute atomic E-state index is 12.6. The fourth-order valence-electron chi connectivity index (χ4n) is 4.34. The second kappa shape index (κ2) is 5.19. The molecule has 3 fully saturated rings. The molecule has 0 spiro atoms. The summed E-state index contributed by atoms with van der Waals surface area (Å²) in [5.41, 5.74) is 0. The van der Waals surface area contributed by atoms with E-state index in [4.69, 9.17) is 4.74 Å². The van der Waals surface area contributed by atoms with Crippen LogP contribution in [0, 0.1) is 23.7 Å². The summed E-state index contributed by atoms with van der Waals surface area (Å²) in [7, 11) is 0. The van der Waals surface area contributed by atoms with Crippen LogP contribution in [0.2, 0.25) is 0 Å². The quantitative estimate of drug-likeness (QED) is 0.534. The third-order valence-electron chi connectivity index (χ3n) is 5.51. The van der Waals surface area contributed by atoms with Crippen LogP contribution in [0.1, 0.15) is 12.8 Å². The molecule has 2 aliphatic heterocycles. The van der Waals surface area contributed by atoms with Crippen molar-refractivity contribution in [1.29, 1.82) is 0 Å². The van der Waals surface area contributed by atoms with Crippen molar-refractivity contribution in [2.45, 2.75) is 12.8 Å². The van der Waals surface area contributed by atoms with Crippen LogP contribution < -0.4 is 0 Å². The minimum absolute atomic E-state index is 0.107. The summed E-state index contributed by atoms with van der Waals surface area (Å²) in [6.45, 7) is 2.01. The largest absolute Gasteiger partial charge is 0.378 e. The maximum atomic E-state index is 12.6. The predicted octanol–water partition coefficient (Wildman–Crippen LogP) is 0.0424. The molecule has 0 unspecified atom stereocenters. The number of allylic oxidation sites excluding steroid dienone is 2. The molecule has 2 saturated heterocycles. The van der Waals surface area contributed by atoms with Crippen LogP contribution in [0.4, 0.5) is 0 Å². The van der Waals surface area contributed by atoms with Gasteiger partial charge in [0.2, 0.25) is 17.7 Å². The predicted molar refractivity (Wildman–Crippen MR) is 76.5 cm³/mol. The molecule has 0 radical (unpaired) electrons. The molecular weight excluding hydrogens is 284 g/mol. The molecular formula is C16H20N2O4. The topological polar surface area (TPSA) is 66.9 Å². The lowest BCUT2D eigenvalue weighted by atomic mass is 9.63. The minimum Gasteiger partial charge on any atom is -0.378 e. The first-order chi connectivity index (χ1) is 10.7. The second-order valence-electron chi connectivity index (χ2n) is 6.60. The molecule has 0 aromatic heterocycles. The Morgan fingerprint density at radius 2 is 1.59 bits per heavy atom. The number of likely N-dealkylation sites (tertiary alicyclic amines) is 1. The van der Waals surface area contributed by atoms with Crippen molar-refractivity contribution in [2.75, 3.05) is 32.8 Å². The lowest BCUT2D eigenvalue weighted by molar-refractivity contribution is -0.148. The molecule has 4 atom stereocenters. The number of amides is 3. The summed E-state index contributed by atoms with van der Waals surface area (Å²) < 4.78 is 5.23. The number of carbonyl (C=O) groups excluding carboxylic acids is 3. The summed E-state index contributed by atoms with van der Waals surface area (Å²) >= 11 is 0. The lowest BCUT2D eigenvalue weighted by Gasteiger charge is -2.38. The molecule has 118 valence electrons. The number of rotatable bonds is 2. The summed E-state index contributed by atoms with van der Waals surface area (Å²) in [5.74, 6) is -0.539. The molecule has 1 saturated carbocycles. The van der Waals surface area contributed by atoms with E-state index in [2.05, 4.69) is 12.2 Å². The van der Waals surface area contributed by atoms with Gasteiger partial charge in [0.05, 0.1) is 25.0 Å². The van der Waals surface area contributed by atoms with Gasteiger partial charge in [-0.3, -0.25) is 19.3 Å². The zero-order valence-corrected chi connectivity index (χ0v) is 12.4. The van der Waals surface area contributed by atoms with Gasteiger partial charge in [-0.05, 0) is 24.7 Å². The highest BCUT2D eigenvalue weighted by molar-refractivity contribution is 6.08. The third-order valence-corrected chi connectivity index (χ3v) is 5.51. The average molecular weight is 304 g/mol. The molecule has 6 heteroatoms. The van der Waals surface area contributed by atoms with Crippen LogP contribution in [-0.2, 0) is 19.1 Å². The van der Waals surface area contributed by atoms with Gasteiger partial charge in [-0.1, -0.05) is 12.2 Å². The van der Waals surface area contributed by atoms with Crippen LogP contribution in [0.25, 0.3) is 0 Å². The Hall–Kier alpha value is -1.69. The van der Waals surface area contributed by atoms with Crippen molar-refractivity contribution in [3.8, 4) is 0 Å². The minimum atomic E-state index is -0.228. The highest BCUT2D eigenvalue weighted by atomic mass is 16.5. The average Bonchev–Trinajstić information content (AvgIpc) is 2.84. The Morgan fingerprint density at radius 3 is 2.09 bits per heavy atom. The van der Waals surface area contributed by atoms with Crippen molar-refractivity contribution in [2.24, 2.45) is 23.7 Å².